The summed E-state index contributed by atoms with van der Waals surface area (Å²) in [7, 11) is 0. The number of aromatic nitrogens is 2. The summed E-state index contributed by atoms with van der Waals surface area (Å²) in [4.78, 5) is 71.7. The molecule has 0 unspecified atom stereocenters. The molecule has 6 atom stereocenters. The maximum absolute atomic E-state index is 14.1. The smallest absolute Gasteiger partial charge is 0.412 e. The molecule has 4 fully saturated rings. The third-order valence-corrected chi connectivity index (χ3v) is 10.7. The fourth-order valence-electron chi connectivity index (χ4n) is 6.85. The number of ether oxygens (including phenoxy) is 3. The zero-order chi connectivity index (χ0) is 32.5. The molecule has 3 amide bonds. The first-order chi connectivity index (χ1) is 22.8. The number of carbonyl (C=O) groups is 4. The Labute approximate surface area is 274 Å². The predicted octanol–water partition coefficient (Wildman–Crippen LogP) is 3.39. The molecule has 3 aromatic rings. The number of amides is 3. The van der Waals surface area contributed by atoms with Gasteiger partial charge in [-0.2, -0.15) is 0 Å². The molecule has 248 valence electrons. The van der Waals surface area contributed by atoms with Gasteiger partial charge in [-0.25, -0.2) is 9.78 Å². The summed E-state index contributed by atoms with van der Waals surface area (Å²) in [5.74, 6) is -1.32. The van der Waals surface area contributed by atoms with Gasteiger partial charge < -0.3 is 29.4 Å². The molecule has 2 aromatic heterocycles. The minimum absolute atomic E-state index is 0.0354. The Morgan fingerprint density at radius 2 is 1.91 bits per heavy atom. The van der Waals surface area contributed by atoms with Crippen molar-refractivity contribution in [2.24, 2.45) is 17.8 Å². The lowest BCUT2D eigenvalue weighted by Gasteiger charge is -2.31. The number of anilines is 1. The molecule has 3 aliphatic heterocycles. The van der Waals surface area contributed by atoms with Crippen molar-refractivity contribution < 1.29 is 33.4 Å². The maximum Gasteiger partial charge on any atom is 0.412 e. The number of nitrogens with one attached hydrogen (secondary N) is 3. The fraction of sp³-hybridized carbons (Fsp3) is 0.515. The molecule has 1 aromatic carbocycles. The van der Waals surface area contributed by atoms with Crippen molar-refractivity contribution >= 4 is 50.9 Å². The van der Waals surface area contributed by atoms with Crippen LogP contribution in [0.1, 0.15) is 60.8 Å². The van der Waals surface area contributed by atoms with E-state index >= 15 is 0 Å². The summed E-state index contributed by atoms with van der Waals surface area (Å²) in [5.41, 5.74) is 0.0725. The normalized spacial score (nSPS) is 25.1. The van der Waals surface area contributed by atoms with Gasteiger partial charge in [0.05, 0.1) is 35.4 Å². The second kappa shape index (κ2) is 13.5. The summed E-state index contributed by atoms with van der Waals surface area (Å²) in [6.45, 7) is 1.25. The highest BCUT2D eigenvalue weighted by molar-refractivity contribution is 7.20. The summed E-state index contributed by atoms with van der Waals surface area (Å²) in [6, 6.07) is 8.48. The second-order valence-corrected chi connectivity index (χ2v) is 13.7. The van der Waals surface area contributed by atoms with Gasteiger partial charge in [-0.05, 0) is 55.9 Å². The van der Waals surface area contributed by atoms with Gasteiger partial charge in [0.15, 0.2) is 11.3 Å². The highest BCUT2D eigenvalue weighted by Crippen LogP contribution is 2.35. The van der Waals surface area contributed by atoms with E-state index in [1.807, 2.05) is 24.3 Å². The number of fused-ring (bicyclic) bond motifs is 2. The zero-order valence-electron chi connectivity index (χ0n) is 25.7. The predicted molar refractivity (Wildman–Crippen MR) is 171 cm³/mol. The molecule has 47 heavy (non-hydrogen) atoms. The first-order valence-electron chi connectivity index (χ1n) is 16.2. The van der Waals surface area contributed by atoms with Crippen LogP contribution in [-0.2, 0) is 23.8 Å². The third-order valence-electron chi connectivity index (χ3n) is 9.70. The van der Waals surface area contributed by atoms with E-state index in [4.69, 9.17) is 14.2 Å². The van der Waals surface area contributed by atoms with Gasteiger partial charge in [-0.1, -0.05) is 31.4 Å². The Balaban J connectivity index is 1.12. The monoisotopic (exact) mass is 663 g/mol. The number of rotatable bonds is 11. The molecule has 7 rings (SSSR count). The van der Waals surface area contributed by atoms with E-state index in [1.54, 1.807) is 6.07 Å². The molecule has 13 nitrogen and oxygen atoms in total. The van der Waals surface area contributed by atoms with Crippen LogP contribution in [0.2, 0.25) is 0 Å². The number of carbonyl (C=O) groups excluding carboxylic acids is 4. The SMILES string of the molecule is O=C(Nc1cccn([C@@H](CC2CCC2)C(=O)N[C@@H](C[C@@H]2CCNC2=O)C(=O)c2nc3ccccc3s2)c1=O)O[C@H]1CO[C@H]2OCC[C@H]21. The first kappa shape index (κ1) is 31.5. The molecular weight excluding hydrogens is 626 g/mol. The average molecular weight is 664 g/mol. The lowest BCUT2D eigenvalue weighted by atomic mass is 9.80. The fourth-order valence-corrected chi connectivity index (χ4v) is 7.81. The number of hydrogen-bond donors (Lipinski definition) is 3. The van der Waals surface area contributed by atoms with Crippen LogP contribution in [0.15, 0.2) is 47.4 Å². The van der Waals surface area contributed by atoms with E-state index in [0.29, 0.717) is 37.9 Å². The third kappa shape index (κ3) is 6.67. The number of ketones is 1. The van der Waals surface area contributed by atoms with E-state index < -0.39 is 41.7 Å². The van der Waals surface area contributed by atoms with E-state index in [9.17, 15) is 24.0 Å². The Morgan fingerprint density at radius 1 is 1.06 bits per heavy atom. The van der Waals surface area contributed by atoms with Crippen LogP contribution >= 0.6 is 11.3 Å². The minimum atomic E-state index is -1.02. The van der Waals surface area contributed by atoms with Crippen molar-refractivity contribution in [1.29, 1.82) is 0 Å². The van der Waals surface area contributed by atoms with Gasteiger partial charge in [0, 0.05) is 18.7 Å². The average Bonchev–Trinajstić information content (AvgIpc) is 3.84. The Kier molecular flexibility index (Phi) is 9.06. The number of benzene rings is 1. The molecule has 3 N–H and O–H groups in total. The van der Waals surface area contributed by atoms with Gasteiger partial charge in [0.1, 0.15) is 17.8 Å². The number of pyridine rings is 1. The van der Waals surface area contributed by atoms with E-state index in [2.05, 4.69) is 20.9 Å². The standard InChI is InChI=1S/C33H37N5O8S/c39-27(30-36-21-7-1-2-9-26(21)47-30)23(16-19-10-12-34-28(19)40)35-29(41)24(15-18-5-3-6-18)38-13-4-8-22(31(38)42)37-33(43)46-25-17-45-32-20(25)11-14-44-32/h1-2,4,7-9,13,18-20,23-25,32H,3,5-6,10-12,14-17H2,(H,34,40)(H,35,41)(H,37,43)/t19-,20-,23-,24-,25-,32+/m0/s1. The molecule has 0 bridgehead atoms. The van der Waals surface area contributed by atoms with Crippen LogP contribution < -0.4 is 21.5 Å². The van der Waals surface area contributed by atoms with Crippen molar-refractivity contribution in [2.75, 3.05) is 25.1 Å². The minimum Gasteiger partial charge on any atom is -0.443 e. The van der Waals surface area contributed by atoms with Gasteiger partial charge >= 0.3 is 6.09 Å². The number of hydrogen-bond acceptors (Lipinski definition) is 10. The number of Topliss-reactive ketones (excluding diaryl/α,β-unsaturated/α-hetero) is 1. The van der Waals surface area contributed by atoms with Crippen LogP contribution in [0.4, 0.5) is 10.5 Å². The van der Waals surface area contributed by atoms with Gasteiger partial charge in [0.2, 0.25) is 17.6 Å². The lowest BCUT2D eigenvalue weighted by molar-refractivity contribution is -0.127. The van der Waals surface area contributed by atoms with Crippen molar-refractivity contribution in [2.45, 2.75) is 69.4 Å². The maximum atomic E-state index is 14.1. The summed E-state index contributed by atoms with van der Waals surface area (Å²) in [5, 5.41) is 8.52. The van der Waals surface area contributed by atoms with Gasteiger partial charge in [0.25, 0.3) is 5.56 Å². The van der Waals surface area contributed by atoms with Crippen molar-refractivity contribution in [3.63, 3.8) is 0 Å². The van der Waals surface area contributed by atoms with Crippen molar-refractivity contribution in [3.8, 4) is 0 Å². The molecule has 3 saturated heterocycles. The van der Waals surface area contributed by atoms with Crippen LogP contribution in [0.25, 0.3) is 10.2 Å². The molecular formula is C33H37N5O8S. The van der Waals surface area contributed by atoms with Gasteiger partial charge in [-0.3, -0.25) is 24.5 Å². The second-order valence-electron chi connectivity index (χ2n) is 12.7. The Hall–Kier alpha value is -4.14. The number of nitrogens with zero attached hydrogens (tertiary/aromatic N) is 2. The van der Waals surface area contributed by atoms with Crippen LogP contribution in [-0.4, -0.2) is 71.4 Å². The van der Waals surface area contributed by atoms with E-state index in [0.717, 1.165) is 24.0 Å². The van der Waals surface area contributed by atoms with Gasteiger partial charge in [-0.15, -0.1) is 11.3 Å². The lowest BCUT2D eigenvalue weighted by Crippen LogP contribution is -2.47. The summed E-state index contributed by atoms with van der Waals surface area (Å²) in [6.07, 6.45) is 4.49. The molecule has 5 heterocycles. The topological polar surface area (TPSA) is 167 Å². The Morgan fingerprint density at radius 3 is 2.68 bits per heavy atom. The van der Waals surface area contributed by atoms with Crippen molar-refractivity contribution in [1.82, 2.24) is 20.2 Å². The quantitative estimate of drug-likeness (QED) is 0.261. The van der Waals surface area contributed by atoms with Crippen LogP contribution in [0.5, 0.6) is 0 Å². The largest absolute Gasteiger partial charge is 0.443 e. The summed E-state index contributed by atoms with van der Waals surface area (Å²) >= 11 is 1.24. The zero-order valence-corrected chi connectivity index (χ0v) is 26.5. The number of para-hydroxylation sites is 1. The Bertz CT molecular complexity index is 1700. The molecule has 1 aliphatic carbocycles. The molecule has 14 heteroatoms. The summed E-state index contributed by atoms with van der Waals surface area (Å²) < 4.78 is 18.8. The highest BCUT2D eigenvalue weighted by atomic mass is 32.1. The van der Waals surface area contributed by atoms with Crippen molar-refractivity contribution in [3.05, 3.63) is 58.0 Å². The van der Waals surface area contributed by atoms with Crippen LogP contribution in [0.3, 0.4) is 0 Å². The molecule has 1 saturated carbocycles. The highest BCUT2D eigenvalue weighted by Gasteiger charge is 2.44. The molecule has 0 spiro atoms. The van der Waals surface area contributed by atoms with E-state index in [1.165, 1.54) is 28.2 Å². The van der Waals surface area contributed by atoms with E-state index in [-0.39, 0.29) is 53.5 Å². The van der Waals surface area contributed by atoms with Crippen LogP contribution in [0, 0.1) is 17.8 Å². The molecule has 0 radical (unpaired) electrons. The first-order valence-corrected chi connectivity index (χ1v) is 17.1. The number of thiazole rings is 1. The molecule has 4 aliphatic rings.